The van der Waals surface area contributed by atoms with Gasteiger partial charge in [0.15, 0.2) is 6.29 Å². The highest BCUT2D eigenvalue weighted by atomic mass is 32.3. The smallest absolute Gasteiger partial charge is 0.397 e. The van der Waals surface area contributed by atoms with Crippen LogP contribution in [-0.2, 0) is 38.3 Å². The van der Waals surface area contributed by atoms with Gasteiger partial charge >= 0.3 is 16.4 Å². The summed E-state index contributed by atoms with van der Waals surface area (Å²) in [7, 11) is -5.06. The van der Waals surface area contributed by atoms with Gasteiger partial charge in [0.1, 0.15) is 30.5 Å². The third-order valence-electron chi connectivity index (χ3n) is 10.7. The summed E-state index contributed by atoms with van der Waals surface area (Å²) in [5.74, 6) is -0.409. The first-order valence-electron chi connectivity index (χ1n) is 23.7. The molecule has 1 rings (SSSR count). The first kappa shape index (κ1) is 56.3. The molecule has 0 aliphatic carbocycles. The quantitative estimate of drug-likeness (QED) is 0.0198. The van der Waals surface area contributed by atoms with E-state index in [1.807, 2.05) is 0 Å². The van der Waals surface area contributed by atoms with Crippen LogP contribution in [0.1, 0.15) is 194 Å². The molecule has 1 heterocycles. The maximum absolute atomic E-state index is 12.8. The van der Waals surface area contributed by atoms with Crippen LogP contribution in [0.2, 0.25) is 0 Å². The molecule has 1 aliphatic rings. The minimum atomic E-state index is -5.06. The van der Waals surface area contributed by atoms with Crippen molar-refractivity contribution in [2.75, 3.05) is 26.4 Å². The van der Waals surface area contributed by atoms with Gasteiger partial charge in [0.2, 0.25) is 0 Å². The number of carbonyl (C=O) groups excluding carboxylic acids is 1. The summed E-state index contributed by atoms with van der Waals surface area (Å²) in [6.45, 7) is 3.94. The van der Waals surface area contributed by atoms with Gasteiger partial charge in [0, 0.05) is 13.0 Å². The summed E-state index contributed by atoms with van der Waals surface area (Å²) < 4.78 is 59.1. The van der Waals surface area contributed by atoms with Crippen LogP contribution >= 0.6 is 0 Å². The molecular formula is C47H86O12S. The zero-order valence-corrected chi connectivity index (χ0v) is 38.3. The summed E-state index contributed by atoms with van der Waals surface area (Å²) in [5.41, 5.74) is 0. The Morgan fingerprint density at radius 3 is 1.63 bits per heavy atom. The molecule has 1 saturated heterocycles. The SMILES string of the molecule is CCCCC/C=C\C/C=C\CCCCCCCCCCCCOCC(COC1OC(CO)C(O)C(OS(=O)(=O)O)C1O)OC(=O)CCCCCCC/C=C\CCCCCC. The highest BCUT2D eigenvalue weighted by molar-refractivity contribution is 7.80. The van der Waals surface area contributed by atoms with Crippen LogP contribution in [0, 0.1) is 0 Å². The van der Waals surface area contributed by atoms with Crippen molar-refractivity contribution < 1.29 is 56.2 Å². The molecule has 0 amide bonds. The molecule has 0 aromatic heterocycles. The van der Waals surface area contributed by atoms with Gasteiger partial charge in [-0.05, 0) is 70.6 Å². The van der Waals surface area contributed by atoms with Gasteiger partial charge < -0.3 is 34.3 Å². The fourth-order valence-electron chi connectivity index (χ4n) is 7.11. The zero-order valence-electron chi connectivity index (χ0n) is 37.5. The maximum atomic E-state index is 12.8. The summed E-state index contributed by atoms with van der Waals surface area (Å²) in [6.07, 6.45) is 36.0. The Kier molecular flexibility index (Phi) is 36.6. The summed E-state index contributed by atoms with van der Waals surface area (Å²) in [6, 6.07) is 0. The fraction of sp³-hybridized carbons (Fsp3) is 0.851. The lowest BCUT2D eigenvalue weighted by Gasteiger charge is -2.41. The summed E-state index contributed by atoms with van der Waals surface area (Å²) >= 11 is 0. The van der Waals surface area contributed by atoms with Gasteiger partial charge in [0.25, 0.3) is 0 Å². The van der Waals surface area contributed by atoms with E-state index in [4.69, 9.17) is 23.5 Å². The van der Waals surface area contributed by atoms with E-state index in [1.165, 1.54) is 103 Å². The van der Waals surface area contributed by atoms with Crippen molar-refractivity contribution in [2.45, 2.75) is 230 Å². The molecule has 4 N–H and O–H groups in total. The van der Waals surface area contributed by atoms with E-state index >= 15 is 0 Å². The molecule has 0 spiro atoms. The number of unbranched alkanes of at least 4 members (excludes halogenated alkanes) is 22. The van der Waals surface area contributed by atoms with Crippen molar-refractivity contribution in [3.05, 3.63) is 36.5 Å². The molecule has 1 fully saturated rings. The Labute approximate surface area is 364 Å². The van der Waals surface area contributed by atoms with Crippen LogP contribution in [0.4, 0.5) is 0 Å². The normalized spacial score (nSPS) is 20.5. The van der Waals surface area contributed by atoms with Crippen LogP contribution in [0.15, 0.2) is 36.5 Å². The predicted molar refractivity (Wildman–Crippen MR) is 239 cm³/mol. The van der Waals surface area contributed by atoms with Crippen LogP contribution in [0.25, 0.3) is 0 Å². The predicted octanol–water partition coefficient (Wildman–Crippen LogP) is 10.2. The topological polar surface area (TPSA) is 178 Å². The third kappa shape index (κ3) is 32.1. The maximum Gasteiger partial charge on any atom is 0.397 e. The second-order valence-corrected chi connectivity index (χ2v) is 17.4. The average Bonchev–Trinajstić information content (AvgIpc) is 3.22. The molecular weight excluding hydrogens is 789 g/mol. The van der Waals surface area contributed by atoms with Crippen molar-refractivity contribution >= 4 is 16.4 Å². The molecule has 0 aromatic rings. The highest BCUT2D eigenvalue weighted by Crippen LogP contribution is 2.26. The molecule has 12 nitrogen and oxygen atoms in total. The minimum Gasteiger partial charge on any atom is -0.457 e. The number of aliphatic hydroxyl groups excluding tert-OH is 3. The lowest BCUT2D eigenvalue weighted by Crippen LogP contribution is -2.60. The van der Waals surface area contributed by atoms with E-state index in [1.54, 1.807) is 0 Å². The standard InChI is InChI=1S/C47H86O12S/c1-3-5-7-9-11-13-15-17-18-19-20-21-22-23-25-27-29-31-33-35-37-55-39-41(40-56-47-45(51)46(59-60(52,53)54)44(50)42(38-48)58-47)57-43(49)36-34-32-30-28-26-24-16-14-12-10-8-6-4-2/h11,13-14,16-18,41-42,44-48,50-51H,3-10,12,15,19-40H2,1-2H3,(H,52,53,54)/b13-11-,16-14-,18-17-. The Balaban J connectivity index is 2.39. The van der Waals surface area contributed by atoms with E-state index in [2.05, 4.69) is 54.5 Å². The molecule has 0 aromatic carbocycles. The number of allylic oxidation sites excluding steroid dienone is 6. The zero-order chi connectivity index (χ0) is 43.9. The molecule has 0 radical (unpaired) electrons. The number of rotatable bonds is 41. The van der Waals surface area contributed by atoms with Crippen molar-refractivity contribution in [2.24, 2.45) is 0 Å². The van der Waals surface area contributed by atoms with E-state index in [0.29, 0.717) is 13.0 Å². The Hall–Kier alpha value is -1.68. The van der Waals surface area contributed by atoms with E-state index in [0.717, 1.165) is 64.2 Å². The Morgan fingerprint density at radius 1 is 0.633 bits per heavy atom. The second-order valence-electron chi connectivity index (χ2n) is 16.3. The summed E-state index contributed by atoms with van der Waals surface area (Å²) in [4.78, 5) is 12.8. The number of hydrogen-bond acceptors (Lipinski definition) is 11. The van der Waals surface area contributed by atoms with Gasteiger partial charge in [-0.3, -0.25) is 9.35 Å². The number of carbonyl (C=O) groups is 1. The van der Waals surface area contributed by atoms with Crippen LogP contribution in [0.5, 0.6) is 0 Å². The van der Waals surface area contributed by atoms with Crippen molar-refractivity contribution in [3.8, 4) is 0 Å². The van der Waals surface area contributed by atoms with Gasteiger partial charge in [-0.1, -0.05) is 153 Å². The van der Waals surface area contributed by atoms with Crippen molar-refractivity contribution in [1.29, 1.82) is 0 Å². The van der Waals surface area contributed by atoms with E-state index in [9.17, 15) is 28.5 Å². The highest BCUT2D eigenvalue weighted by Gasteiger charge is 2.48. The monoisotopic (exact) mass is 875 g/mol. The van der Waals surface area contributed by atoms with Gasteiger partial charge in [0.05, 0.1) is 19.8 Å². The van der Waals surface area contributed by atoms with E-state index < -0.39 is 59.8 Å². The first-order chi connectivity index (χ1) is 29.1. The molecule has 0 bridgehead atoms. The average molecular weight is 875 g/mol. The van der Waals surface area contributed by atoms with Gasteiger partial charge in [-0.2, -0.15) is 8.42 Å². The van der Waals surface area contributed by atoms with Crippen LogP contribution in [0.3, 0.4) is 0 Å². The molecule has 6 atom stereocenters. The van der Waals surface area contributed by atoms with Crippen molar-refractivity contribution in [1.82, 2.24) is 0 Å². The van der Waals surface area contributed by atoms with Crippen molar-refractivity contribution in [3.63, 3.8) is 0 Å². The first-order valence-corrected chi connectivity index (χ1v) is 25.1. The minimum absolute atomic E-state index is 0.0314. The summed E-state index contributed by atoms with van der Waals surface area (Å²) in [5, 5.41) is 30.7. The van der Waals surface area contributed by atoms with Gasteiger partial charge in [-0.25, -0.2) is 4.18 Å². The largest absolute Gasteiger partial charge is 0.457 e. The number of aliphatic hydroxyl groups is 3. The van der Waals surface area contributed by atoms with Gasteiger partial charge in [-0.15, -0.1) is 0 Å². The third-order valence-corrected chi connectivity index (χ3v) is 11.2. The number of ether oxygens (including phenoxy) is 4. The molecule has 60 heavy (non-hydrogen) atoms. The lowest BCUT2D eigenvalue weighted by molar-refractivity contribution is -0.301. The molecule has 13 heteroatoms. The second kappa shape index (κ2) is 39.0. The van der Waals surface area contributed by atoms with E-state index in [-0.39, 0.29) is 19.6 Å². The Morgan fingerprint density at radius 2 is 1.10 bits per heavy atom. The number of esters is 1. The molecule has 1 aliphatic heterocycles. The van der Waals surface area contributed by atoms with Crippen LogP contribution in [-0.4, -0.2) is 97.5 Å². The molecule has 6 unspecified atom stereocenters. The molecule has 0 saturated carbocycles. The number of hydrogen-bond donors (Lipinski definition) is 4. The fourth-order valence-corrected chi connectivity index (χ4v) is 7.62. The lowest BCUT2D eigenvalue weighted by atomic mass is 9.99. The van der Waals surface area contributed by atoms with Crippen LogP contribution < -0.4 is 0 Å². The Bertz CT molecular complexity index is 1190. The molecule has 352 valence electrons.